The Labute approximate surface area is 68.0 Å². The minimum atomic E-state index is -0.545. The van der Waals surface area contributed by atoms with Crippen molar-refractivity contribution in [3.63, 3.8) is 0 Å². The van der Waals surface area contributed by atoms with Crippen molar-refractivity contribution in [2.24, 2.45) is 4.99 Å². The third kappa shape index (κ3) is 1.53. The van der Waals surface area contributed by atoms with E-state index < -0.39 is 4.92 Å². The summed E-state index contributed by atoms with van der Waals surface area (Å²) in [5, 5.41) is 16.9. The second-order valence-electron chi connectivity index (χ2n) is 1.97. The number of nitro groups is 1. The second-order valence-corrected chi connectivity index (χ2v) is 1.97. The first-order chi connectivity index (χ1) is 5.75. The fourth-order valence-electron chi connectivity index (χ4n) is 0.773. The Bertz CT molecular complexity index is 334. The average Bonchev–Trinajstić information content (AvgIpc) is 2.05. The molecule has 0 fully saturated rings. The predicted octanol–water partition coefficient (Wildman–Crippen LogP) is 1.98. The van der Waals surface area contributed by atoms with Crippen molar-refractivity contribution in [3.05, 3.63) is 34.4 Å². The molecule has 1 rings (SSSR count). The molecule has 0 bridgehead atoms. The van der Waals surface area contributed by atoms with Crippen LogP contribution < -0.4 is 0 Å². The van der Waals surface area contributed by atoms with Gasteiger partial charge in [-0.3, -0.25) is 10.1 Å². The third-order valence-corrected chi connectivity index (χ3v) is 1.25. The summed E-state index contributed by atoms with van der Waals surface area (Å²) in [6.45, 7) is 0. The molecule has 5 nitrogen and oxygen atoms in total. The molecule has 0 unspecified atom stereocenters. The molecular formula is C7H5N3O2. The van der Waals surface area contributed by atoms with Crippen LogP contribution >= 0.6 is 0 Å². The van der Waals surface area contributed by atoms with E-state index in [-0.39, 0.29) is 11.4 Å². The molecule has 0 aliphatic heterocycles. The van der Waals surface area contributed by atoms with Crippen LogP contribution in [0.5, 0.6) is 0 Å². The summed E-state index contributed by atoms with van der Waals surface area (Å²) in [5.74, 6) is 0. The Hall–Kier alpha value is -2.00. The lowest BCUT2D eigenvalue weighted by atomic mass is 10.3. The van der Waals surface area contributed by atoms with E-state index in [2.05, 4.69) is 4.99 Å². The number of para-hydroxylation sites is 2. The van der Waals surface area contributed by atoms with Crippen LogP contribution in [0.1, 0.15) is 0 Å². The van der Waals surface area contributed by atoms with E-state index in [0.717, 1.165) is 0 Å². The number of nitro benzene ring substituents is 1. The molecule has 5 heteroatoms. The number of hydrogen-bond donors (Lipinski definition) is 1. The van der Waals surface area contributed by atoms with Crippen LogP contribution in [0.2, 0.25) is 0 Å². The number of aliphatic imine (C=N–C) groups is 1. The van der Waals surface area contributed by atoms with Crippen LogP contribution in [0.3, 0.4) is 0 Å². The monoisotopic (exact) mass is 163 g/mol. The molecule has 0 atom stereocenters. The molecule has 1 aromatic carbocycles. The third-order valence-electron chi connectivity index (χ3n) is 1.25. The van der Waals surface area contributed by atoms with Gasteiger partial charge in [0.25, 0.3) is 5.69 Å². The fourth-order valence-corrected chi connectivity index (χ4v) is 0.773. The summed E-state index contributed by atoms with van der Waals surface area (Å²) in [5.41, 5.74) is 0.0368. The van der Waals surface area contributed by atoms with Gasteiger partial charge in [-0.25, -0.2) is 5.41 Å². The maximum absolute atomic E-state index is 10.4. The SMILES string of the molecule is N=C=Nc1ccccc1[N+](=O)[O-]. The van der Waals surface area contributed by atoms with Gasteiger partial charge in [-0.05, 0) is 6.07 Å². The van der Waals surface area contributed by atoms with Crippen LogP contribution in [0.25, 0.3) is 0 Å². The molecule has 12 heavy (non-hydrogen) atoms. The van der Waals surface area contributed by atoms with Gasteiger partial charge in [-0.2, -0.15) is 4.99 Å². The van der Waals surface area contributed by atoms with Crippen LogP contribution in [-0.4, -0.2) is 10.9 Å². The summed E-state index contributed by atoms with van der Waals surface area (Å²) in [6, 6.07) is 7.69. The first-order valence-corrected chi connectivity index (χ1v) is 3.11. The van der Waals surface area contributed by atoms with Gasteiger partial charge in [-0.1, -0.05) is 12.1 Å². The molecule has 0 radical (unpaired) electrons. The molecular weight excluding hydrogens is 158 g/mol. The number of hydrogen-bond acceptors (Lipinski definition) is 4. The first kappa shape index (κ1) is 8.10. The van der Waals surface area contributed by atoms with E-state index in [1.54, 1.807) is 18.1 Å². The van der Waals surface area contributed by atoms with Crippen LogP contribution in [0.15, 0.2) is 29.3 Å². The van der Waals surface area contributed by atoms with Gasteiger partial charge in [0, 0.05) is 6.07 Å². The lowest BCUT2D eigenvalue weighted by Gasteiger charge is -1.92. The second kappa shape index (κ2) is 3.41. The van der Waals surface area contributed by atoms with Gasteiger partial charge in [-0.15, -0.1) is 0 Å². The highest BCUT2D eigenvalue weighted by Crippen LogP contribution is 2.25. The van der Waals surface area contributed by atoms with Crippen molar-refractivity contribution in [2.75, 3.05) is 0 Å². The normalized spacial score (nSPS) is 8.67. The molecule has 1 aromatic rings. The smallest absolute Gasteiger partial charge is 0.258 e. The van der Waals surface area contributed by atoms with E-state index in [1.807, 2.05) is 0 Å². The zero-order valence-electron chi connectivity index (χ0n) is 6.02. The maximum Gasteiger partial charge on any atom is 0.295 e. The minimum Gasteiger partial charge on any atom is -0.258 e. The molecule has 0 saturated carbocycles. The van der Waals surface area contributed by atoms with Crippen molar-refractivity contribution >= 4 is 17.4 Å². The summed E-state index contributed by atoms with van der Waals surface area (Å²) < 4.78 is 0. The largest absolute Gasteiger partial charge is 0.295 e. The molecule has 1 N–H and O–H groups in total. The molecule has 0 saturated heterocycles. The lowest BCUT2D eigenvalue weighted by molar-refractivity contribution is -0.384. The number of nitrogens with one attached hydrogen (secondary N) is 1. The highest BCUT2D eigenvalue weighted by molar-refractivity contribution is 5.61. The Balaban J connectivity index is 3.26. The van der Waals surface area contributed by atoms with Crippen LogP contribution in [0, 0.1) is 15.5 Å². The molecule has 0 heterocycles. The van der Waals surface area contributed by atoms with E-state index in [4.69, 9.17) is 5.41 Å². The number of benzene rings is 1. The maximum atomic E-state index is 10.4. The van der Waals surface area contributed by atoms with Crippen molar-refractivity contribution in [1.29, 1.82) is 5.41 Å². The molecule has 0 amide bonds. The van der Waals surface area contributed by atoms with Crippen LogP contribution in [-0.2, 0) is 0 Å². The van der Waals surface area contributed by atoms with E-state index >= 15 is 0 Å². The number of rotatable bonds is 2. The first-order valence-electron chi connectivity index (χ1n) is 3.11. The Kier molecular flexibility index (Phi) is 2.30. The van der Waals surface area contributed by atoms with Crippen molar-refractivity contribution in [1.82, 2.24) is 0 Å². The van der Waals surface area contributed by atoms with E-state index in [1.165, 1.54) is 12.1 Å². The van der Waals surface area contributed by atoms with Crippen LogP contribution in [0.4, 0.5) is 11.4 Å². The molecule has 0 aliphatic rings. The summed E-state index contributed by atoms with van der Waals surface area (Å²) in [4.78, 5) is 13.2. The Morgan fingerprint density at radius 2 is 2.17 bits per heavy atom. The summed E-state index contributed by atoms with van der Waals surface area (Å²) >= 11 is 0. The summed E-state index contributed by atoms with van der Waals surface area (Å²) in [6.07, 6.45) is 0. The van der Waals surface area contributed by atoms with Crippen molar-refractivity contribution < 1.29 is 4.92 Å². The van der Waals surface area contributed by atoms with Crippen molar-refractivity contribution in [2.45, 2.75) is 0 Å². The van der Waals surface area contributed by atoms with Gasteiger partial charge < -0.3 is 0 Å². The molecule has 0 aromatic heterocycles. The van der Waals surface area contributed by atoms with Gasteiger partial charge in [0.05, 0.1) is 10.9 Å². The fraction of sp³-hybridized carbons (Fsp3) is 0. The van der Waals surface area contributed by atoms with Gasteiger partial charge in [0.2, 0.25) is 0 Å². The minimum absolute atomic E-state index is 0.114. The molecule has 0 aliphatic carbocycles. The summed E-state index contributed by atoms with van der Waals surface area (Å²) in [7, 11) is 0. The topological polar surface area (TPSA) is 79.3 Å². The molecule has 0 spiro atoms. The standard InChI is InChI=1S/C7H5N3O2/c8-5-9-6-3-1-2-4-7(6)10(11)12/h1-4,8H. The quantitative estimate of drug-likeness (QED) is 0.411. The zero-order valence-corrected chi connectivity index (χ0v) is 6.02. The van der Waals surface area contributed by atoms with E-state index in [0.29, 0.717) is 0 Å². The van der Waals surface area contributed by atoms with Gasteiger partial charge in [0.1, 0.15) is 0 Å². The molecule has 60 valence electrons. The lowest BCUT2D eigenvalue weighted by Crippen LogP contribution is -1.86. The Morgan fingerprint density at radius 1 is 1.50 bits per heavy atom. The zero-order chi connectivity index (χ0) is 8.97. The van der Waals surface area contributed by atoms with Gasteiger partial charge in [0.15, 0.2) is 5.69 Å². The Morgan fingerprint density at radius 3 is 2.75 bits per heavy atom. The highest BCUT2D eigenvalue weighted by atomic mass is 16.6. The number of nitrogens with zero attached hydrogens (tertiary/aromatic N) is 2. The van der Waals surface area contributed by atoms with Gasteiger partial charge >= 0.3 is 0 Å². The van der Waals surface area contributed by atoms with E-state index in [9.17, 15) is 10.1 Å². The highest BCUT2D eigenvalue weighted by Gasteiger charge is 2.10. The average molecular weight is 163 g/mol. The van der Waals surface area contributed by atoms with Crippen molar-refractivity contribution in [3.8, 4) is 0 Å². The predicted molar refractivity (Wildman–Crippen MR) is 42.9 cm³/mol.